The monoisotopic (exact) mass is 417 g/mol. The lowest BCUT2D eigenvalue weighted by molar-refractivity contribution is -0.122. The lowest BCUT2D eigenvalue weighted by Gasteiger charge is -2.12. The number of aromatic hydroxyl groups is 1. The van der Waals surface area contributed by atoms with Crippen molar-refractivity contribution in [2.45, 2.75) is 13.5 Å². The molecule has 0 bridgehead atoms. The van der Waals surface area contributed by atoms with Crippen LogP contribution in [-0.4, -0.2) is 27.3 Å². The normalized spacial score (nSPS) is 17.0. The van der Waals surface area contributed by atoms with E-state index >= 15 is 0 Å². The van der Waals surface area contributed by atoms with E-state index in [0.29, 0.717) is 15.8 Å². The molecule has 1 amide bonds. The van der Waals surface area contributed by atoms with Crippen LogP contribution in [0.2, 0.25) is 0 Å². The van der Waals surface area contributed by atoms with Crippen molar-refractivity contribution in [1.29, 1.82) is 0 Å². The Labute approximate surface area is 178 Å². The third-order valence-corrected chi connectivity index (χ3v) is 5.50. The Balaban J connectivity index is 1.63. The number of aryl methyl sites for hydroxylation is 1. The smallest absolute Gasteiger partial charge is 0.267 e. The molecule has 0 atom stereocenters. The van der Waals surface area contributed by atoms with Crippen molar-refractivity contribution in [3.8, 4) is 5.75 Å². The second-order valence-electron chi connectivity index (χ2n) is 6.66. The summed E-state index contributed by atoms with van der Waals surface area (Å²) in [6.07, 6.45) is 5.03. The highest BCUT2D eigenvalue weighted by Gasteiger charge is 2.34. The maximum Gasteiger partial charge on any atom is 0.267 e. The number of phenolic OH excluding ortho intramolecular Hbond substituents is 1. The maximum atomic E-state index is 13.1. The molecule has 1 aromatic heterocycles. The van der Waals surface area contributed by atoms with Crippen LogP contribution < -0.4 is 0 Å². The molecule has 3 aromatic rings. The number of hydrogen-bond acceptors (Lipinski definition) is 6. The van der Waals surface area contributed by atoms with Gasteiger partial charge in [0, 0.05) is 0 Å². The molecule has 2 heterocycles. The first kappa shape index (κ1) is 19.7. The third kappa shape index (κ3) is 4.52. The quantitative estimate of drug-likeness (QED) is 0.367. The first-order chi connectivity index (χ1) is 14.6. The Bertz CT molecular complexity index is 1130. The zero-order chi connectivity index (χ0) is 20.9. The molecule has 0 saturated carbocycles. The molecular weight excluding hydrogens is 398 g/mol. The first-order valence-corrected chi connectivity index (χ1v) is 10.1. The Morgan fingerprint density at radius 3 is 2.63 bits per heavy atom. The molecule has 1 N–H and O–H groups in total. The second kappa shape index (κ2) is 8.84. The number of hydrogen-bond donors (Lipinski definition) is 1. The summed E-state index contributed by atoms with van der Waals surface area (Å²) in [7, 11) is 0. The topological polar surface area (TPSA) is 78.4 Å². The van der Waals surface area contributed by atoms with E-state index in [4.69, 9.17) is 4.42 Å². The summed E-state index contributed by atoms with van der Waals surface area (Å²) in [6, 6.07) is 18.1. The lowest BCUT2D eigenvalue weighted by Crippen LogP contribution is -2.28. The predicted octanol–water partition coefficient (Wildman–Crippen LogP) is 4.80. The van der Waals surface area contributed by atoms with Crippen LogP contribution in [0.3, 0.4) is 0 Å². The summed E-state index contributed by atoms with van der Waals surface area (Å²) in [6.45, 7) is 2.28. The standard InChI is InChI=1S/C23H19N3O3S/c1-16-5-2-3-6-18(16)13-21-22(28)26(15-20-7-4-12-29-20)23(30-21)25-24-14-17-8-10-19(27)11-9-17/h2-14,27H,15H2,1H3/b21-13-,24-14+,25-23-. The van der Waals surface area contributed by atoms with E-state index in [2.05, 4.69) is 10.2 Å². The van der Waals surface area contributed by atoms with Crippen molar-refractivity contribution in [1.82, 2.24) is 4.90 Å². The summed E-state index contributed by atoms with van der Waals surface area (Å²) in [5.74, 6) is 0.709. The van der Waals surface area contributed by atoms with Crippen molar-refractivity contribution in [2.24, 2.45) is 10.2 Å². The Kier molecular flexibility index (Phi) is 5.81. The van der Waals surface area contributed by atoms with Gasteiger partial charge in [-0.25, -0.2) is 0 Å². The number of benzene rings is 2. The zero-order valence-electron chi connectivity index (χ0n) is 16.2. The molecule has 30 heavy (non-hydrogen) atoms. The summed E-state index contributed by atoms with van der Waals surface area (Å²) in [4.78, 5) is 15.2. The Hall–Kier alpha value is -3.58. The number of furan rings is 1. The van der Waals surface area contributed by atoms with Crippen molar-refractivity contribution in [2.75, 3.05) is 0 Å². The van der Waals surface area contributed by atoms with Gasteiger partial charge >= 0.3 is 0 Å². The van der Waals surface area contributed by atoms with E-state index in [9.17, 15) is 9.90 Å². The van der Waals surface area contributed by atoms with Gasteiger partial charge in [0.25, 0.3) is 5.91 Å². The third-order valence-electron chi connectivity index (χ3n) is 4.50. The molecule has 0 spiro atoms. The summed E-state index contributed by atoms with van der Waals surface area (Å²) in [5, 5.41) is 18.3. The van der Waals surface area contributed by atoms with Crippen LogP contribution in [0.1, 0.15) is 22.5 Å². The van der Waals surface area contributed by atoms with Gasteiger partial charge in [-0.05, 0) is 77.9 Å². The number of carbonyl (C=O) groups excluding carboxylic acids is 1. The molecule has 1 fully saturated rings. The first-order valence-electron chi connectivity index (χ1n) is 9.29. The largest absolute Gasteiger partial charge is 0.508 e. The van der Waals surface area contributed by atoms with Gasteiger partial charge < -0.3 is 9.52 Å². The average Bonchev–Trinajstić information content (AvgIpc) is 3.35. The van der Waals surface area contributed by atoms with Gasteiger partial charge in [0.05, 0.1) is 23.9 Å². The maximum absolute atomic E-state index is 13.1. The van der Waals surface area contributed by atoms with Crippen LogP contribution in [-0.2, 0) is 11.3 Å². The van der Waals surface area contributed by atoms with Crippen molar-refractivity contribution in [3.05, 3.63) is 94.3 Å². The molecule has 0 unspecified atom stereocenters. The summed E-state index contributed by atoms with van der Waals surface area (Å²) in [5.41, 5.74) is 2.87. The van der Waals surface area contributed by atoms with Crippen LogP contribution >= 0.6 is 11.8 Å². The number of thioether (sulfide) groups is 1. The second-order valence-corrected chi connectivity index (χ2v) is 7.67. The summed E-state index contributed by atoms with van der Waals surface area (Å²) >= 11 is 1.28. The molecule has 6 nitrogen and oxygen atoms in total. The highest BCUT2D eigenvalue weighted by atomic mass is 32.2. The molecule has 7 heteroatoms. The molecule has 1 saturated heterocycles. The molecule has 150 valence electrons. The highest BCUT2D eigenvalue weighted by molar-refractivity contribution is 8.18. The zero-order valence-corrected chi connectivity index (χ0v) is 17.0. The Morgan fingerprint density at radius 1 is 1.10 bits per heavy atom. The van der Waals surface area contributed by atoms with Gasteiger partial charge in [0.15, 0.2) is 5.17 Å². The van der Waals surface area contributed by atoms with Crippen LogP contribution in [0.25, 0.3) is 6.08 Å². The number of phenols is 1. The lowest BCUT2D eigenvalue weighted by atomic mass is 10.1. The number of nitrogens with zero attached hydrogens (tertiary/aromatic N) is 3. The Morgan fingerprint density at radius 2 is 1.90 bits per heavy atom. The number of rotatable bonds is 5. The van der Waals surface area contributed by atoms with E-state index in [-0.39, 0.29) is 18.2 Å². The van der Waals surface area contributed by atoms with Gasteiger partial charge in [-0.2, -0.15) is 5.10 Å². The highest BCUT2D eigenvalue weighted by Crippen LogP contribution is 2.34. The molecule has 1 aliphatic rings. The van der Waals surface area contributed by atoms with Crippen molar-refractivity contribution < 1.29 is 14.3 Å². The van der Waals surface area contributed by atoms with Crippen LogP contribution in [0.15, 0.2) is 86.5 Å². The van der Waals surface area contributed by atoms with Gasteiger partial charge in [-0.15, -0.1) is 5.10 Å². The fourth-order valence-corrected chi connectivity index (χ4v) is 3.80. The molecular formula is C23H19N3O3S. The summed E-state index contributed by atoms with van der Waals surface area (Å²) < 4.78 is 5.41. The minimum atomic E-state index is -0.141. The van der Waals surface area contributed by atoms with E-state index < -0.39 is 0 Å². The van der Waals surface area contributed by atoms with Gasteiger partial charge in [-0.3, -0.25) is 9.69 Å². The fourth-order valence-electron chi connectivity index (χ4n) is 2.88. The van der Waals surface area contributed by atoms with Gasteiger partial charge in [0.2, 0.25) is 0 Å². The van der Waals surface area contributed by atoms with E-state index in [1.54, 1.807) is 47.7 Å². The van der Waals surface area contributed by atoms with Gasteiger partial charge in [-0.1, -0.05) is 24.3 Å². The number of carbonyl (C=O) groups is 1. The minimum absolute atomic E-state index is 0.141. The minimum Gasteiger partial charge on any atom is -0.508 e. The molecule has 2 aromatic carbocycles. The van der Waals surface area contributed by atoms with Crippen molar-refractivity contribution >= 4 is 35.1 Å². The van der Waals surface area contributed by atoms with E-state index in [1.807, 2.05) is 43.3 Å². The molecule has 4 rings (SSSR count). The molecule has 0 aliphatic carbocycles. The van der Waals surface area contributed by atoms with Crippen molar-refractivity contribution in [3.63, 3.8) is 0 Å². The number of amidine groups is 1. The SMILES string of the molecule is Cc1ccccc1/C=C1\S/C(=N\N=C\c2ccc(O)cc2)N(Cc2ccco2)C1=O. The van der Waals surface area contributed by atoms with Crippen LogP contribution in [0, 0.1) is 6.92 Å². The van der Waals surface area contributed by atoms with Crippen LogP contribution in [0.4, 0.5) is 0 Å². The molecule has 1 aliphatic heterocycles. The van der Waals surface area contributed by atoms with Crippen LogP contribution in [0.5, 0.6) is 5.75 Å². The van der Waals surface area contributed by atoms with Gasteiger partial charge in [0.1, 0.15) is 11.5 Å². The number of amides is 1. The van der Waals surface area contributed by atoms with E-state index in [1.165, 1.54) is 11.8 Å². The predicted molar refractivity (Wildman–Crippen MR) is 119 cm³/mol. The van der Waals surface area contributed by atoms with E-state index in [0.717, 1.165) is 16.7 Å². The fraction of sp³-hybridized carbons (Fsp3) is 0.0870. The average molecular weight is 417 g/mol. The molecule has 0 radical (unpaired) electrons.